The monoisotopic (exact) mass is 313 g/mol. The van der Waals surface area contributed by atoms with E-state index in [-0.39, 0.29) is 5.69 Å². The lowest BCUT2D eigenvalue weighted by Gasteiger charge is -2.15. The van der Waals surface area contributed by atoms with Crippen LogP contribution in [0.2, 0.25) is 0 Å². The first-order valence-corrected chi connectivity index (χ1v) is 7.84. The van der Waals surface area contributed by atoms with Crippen LogP contribution in [0, 0.1) is 29.9 Å². The van der Waals surface area contributed by atoms with E-state index >= 15 is 0 Å². The number of hydrogen-bond donors (Lipinski definition) is 0. The molecule has 0 N–H and O–H groups in total. The lowest BCUT2D eigenvalue weighted by molar-refractivity contribution is -0.385. The molecule has 0 spiro atoms. The maximum atomic E-state index is 11.0. The second kappa shape index (κ2) is 7.27. The van der Waals surface area contributed by atoms with Gasteiger partial charge in [0.2, 0.25) is 0 Å². The molecule has 0 saturated carbocycles. The zero-order chi connectivity index (χ0) is 17.0. The lowest BCUT2D eigenvalue weighted by atomic mass is 9.93. The van der Waals surface area contributed by atoms with Crippen LogP contribution in [0.5, 0.6) is 5.75 Å². The van der Waals surface area contributed by atoms with Crippen molar-refractivity contribution >= 4 is 5.69 Å². The predicted octanol–water partition coefficient (Wildman–Crippen LogP) is 4.99. The molecule has 2 aromatic rings. The number of benzene rings is 2. The number of nitro benzene ring substituents is 1. The van der Waals surface area contributed by atoms with Gasteiger partial charge in [0.1, 0.15) is 6.61 Å². The van der Waals surface area contributed by atoms with Crippen LogP contribution >= 0.6 is 0 Å². The number of rotatable bonds is 6. The molecule has 4 heteroatoms. The molecule has 0 aliphatic rings. The van der Waals surface area contributed by atoms with E-state index in [1.165, 1.54) is 22.8 Å². The summed E-state index contributed by atoms with van der Waals surface area (Å²) in [4.78, 5) is 10.6. The van der Waals surface area contributed by atoms with E-state index in [0.29, 0.717) is 18.3 Å². The minimum absolute atomic E-state index is 0.00157. The Morgan fingerprint density at radius 2 is 1.65 bits per heavy atom. The molecule has 0 atom stereocenters. The van der Waals surface area contributed by atoms with Crippen molar-refractivity contribution in [1.82, 2.24) is 0 Å². The summed E-state index contributed by atoms with van der Waals surface area (Å²) in [5.74, 6) is 0.919. The van der Waals surface area contributed by atoms with Gasteiger partial charge in [-0.1, -0.05) is 38.1 Å². The Kier molecular flexibility index (Phi) is 5.37. The van der Waals surface area contributed by atoms with Crippen molar-refractivity contribution in [2.75, 3.05) is 0 Å². The fourth-order valence-corrected chi connectivity index (χ4v) is 2.64. The molecule has 0 amide bonds. The molecular weight excluding hydrogens is 290 g/mol. The highest BCUT2D eigenvalue weighted by Gasteiger charge is 2.14. The van der Waals surface area contributed by atoms with Gasteiger partial charge in [-0.15, -0.1) is 0 Å². The summed E-state index contributed by atoms with van der Waals surface area (Å²) in [5.41, 5.74) is 4.89. The SMILES string of the molecule is Cc1c(COc2ccccc2[N+](=O)[O-])ccc(CC(C)C)c1C. The number of nitrogens with zero attached hydrogens (tertiary/aromatic N) is 1. The predicted molar refractivity (Wildman–Crippen MR) is 91.9 cm³/mol. The molecule has 0 saturated heterocycles. The zero-order valence-electron chi connectivity index (χ0n) is 14.1. The Bertz CT molecular complexity index is 708. The summed E-state index contributed by atoms with van der Waals surface area (Å²) in [6.45, 7) is 8.96. The third-order valence-corrected chi connectivity index (χ3v) is 4.08. The van der Waals surface area contributed by atoms with Gasteiger partial charge < -0.3 is 4.74 Å². The summed E-state index contributed by atoms with van der Waals surface area (Å²) in [5, 5.41) is 11.0. The van der Waals surface area contributed by atoms with Crippen molar-refractivity contribution in [2.24, 2.45) is 5.92 Å². The van der Waals surface area contributed by atoms with E-state index in [4.69, 9.17) is 4.74 Å². The average Bonchev–Trinajstić information content (AvgIpc) is 2.51. The van der Waals surface area contributed by atoms with Gasteiger partial charge in [0.05, 0.1) is 4.92 Å². The molecular formula is C19H23NO3. The van der Waals surface area contributed by atoms with Crippen LogP contribution in [0.4, 0.5) is 5.69 Å². The highest BCUT2D eigenvalue weighted by molar-refractivity contribution is 5.46. The first kappa shape index (κ1) is 17.0. The smallest absolute Gasteiger partial charge is 0.310 e. The molecule has 0 bridgehead atoms. The average molecular weight is 313 g/mol. The molecule has 0 radical (unpaired) electrons. The van der Waals surface area contributed by atoms with E-state index in [1.807, 2.05) is 0 Å². The van der Waals surface area contributed by atoms with Gasteiger partial charge in [0.15, 0.2) is 5.75 Å². The molecule has 0 aliphatic heterocycles. The zero-order valence-corrected chi connectivity index (χ0v) is 14.1. The summed E-state index contributed by atoms with van der Waals surface area (Å²) in [7, 11) is 0. The third-order valence-electron chi connectivity index (χ3n) is 4.08. The quantitative estimate of drug-likeness (QED) is 0.557. The minimum Gasteiger partial charge on any atom is -0.482 e. The molecule has 0 unspecified atom stereocenters. The molecule has 0 fully saturated rings. The fraction of sp³-hybridized carbons (Fsp3) is 0.368. The van der Waals surface area contributed by atoms with Gasteiger partial charge in [-0.3, -0.25) is 10.1 Å². The van der Waals surface area contributed by atoms with Crippen LogP contribution in [0.1, 0.15) is 36.1 Å². The third kappa shape index (κ3) is 4.09. The minimum atomic E-state index is -0.417. The Morgan fingerprint density at radius 1 is 1.04 bits per heavy atom. The normalized spacial score (nSPS) is 10.8. The van der Waals surface area contributed by atoms with Crippen LogP contribution in [0.15, 0.2) is 36.4 Å². The van der Waals surface area contributed by atoms with Crippen LogP contribution in [-0.4, -0.2) is 4.92 Å². The standard InChI is InChI=1S/C19H23NO3/c1-13(2)11-16-9-10-17(15(4)14(16)3)12-23-19-8-6-5-7-18(19)20(21)22/h5-10,13H,11-12H2,1-4H3. The van der Waals surface area contributed by atoms with E-state index in [2.05, 4.69) is 39.8 Å². The van der Waals surface area contributed by atoms with E-state index in [0.717, 1.165) is 12.0 Å². The lowest BCUT2D eigenvalue weighted by Crippen LogP contribution is -2.04. The number of ether oxygens (including phenoxy) is 1. The molecule has 0 heterocycles. The van der Waals surface area contributed by atoms with Gasteiger partial charge in [0, 0.05) is 6.07 Å². The molecule has 2 rings (SSSR count). The second-order valence-electron chi connectivity index (χ2n) is 6.25. The summed E-state index contributed by atoms with van der Waals surface area (Å²) >= 11 is 0. The van der Waals surface area contributed by atoms with Gasteiger partial charge in [-0.2, -0.15) is 0 Å². The molecule has 23 heavy (non-hydrogen) atoms. The molecule has 122 valence electrons. The van der Waals surface area contributed by atoms with E-state index in [9.17, 15) is 10.1 Å². The molecule has 2 aromatic carbocycles. The summed E-state index contributed by atoms with van der Waals surface area (Å²) in [6.07, 6.45) is 1.05. The Balaban J connectivity index is 2.19. The van der Waals surface area contributed by atoms with Crippen molar-refractivity contribution in [3.8, 4) is 5.75 Å². The largest absolute Gasteiger partial charge is 0.482 e. The summed E-state index contributed by atoms with van der Waals surface area (Å²) in [6, 6.07) is 10.7. The number of para-hydroxylation sites is 2. The second-order valence-corrected chi connectivity index (χ2v) is 6.25. The number of hydrogen-bond acceptors (Lipinski definition) is 3. The van der Waals surface area contributed by atoms with Crippen molar-refractivity contribution in [3.63, 3.8) is 0 Å². The Hall–Kier alpha value is -2.36. The fourth-order valence-electron chi connectivity index (χ4n) is 2.64. The van der Waals surface area contributed by atoms with Crippen molar-refractivity contribution in [3.05, 3.63) is 68.8 Å². The Labute approximate surface area is 137 Å². The molecule has 4 nitrogen and oxygen atoms in total. The van der Waals surface area contributed by atoms with E-state index < -0.39 is 4.92 Å². The van der Waals surface area contributed by atoms with Crippen molar-refractivity contribution in [1.29, 1.82) is 0 Å². The Morgan fingerprint density at radius 3 is 2.30 bits per heavy atom. The van der Waals surface area contributed by atoms with Crippen molar-refractivity contribution in [2.45, 2.75) is 40.7 Å². The van der Waals surface area contributed by atoms with E-state index in [1.54, 1.807) is 18.2 Å². The first-order valence-electron chi connectivity index (χ1n) is 7.84. The van der Waals surface area contributed by atoms with Crippen molar-refractivity contribution < 1.29 is 9.66 Å². The van der Waals surface area contributed by atoms with Crippen LogP contribution in [0.25, 0.3) is 0 Å². The maximum absolute atomic E-state index is 11.0. The summed E-state index contributed by atoms with van der Waals surface area (Å²) < 4.78 is 5.70. The molecule has 0 aromatic heterocycles. The molecule has 0 aliphatic carbocycles. The highest BCUT2D eigenvalue weighted by atomic mass is 16.6. The number of nitro groups is 1. The van der Waals surface area contributed by atoms with Gasteiger partial charge in [0.25, 0.3) is 0 Å². The van der Waals surface area contributed by atoms with Crippen LogP contribution in [-0.2, 0) is 13.0 Å². The van der Waals surface area contributed by atoms with Crippen LogP contribution < -0.4 is 4.74 Å². The first-order chi connectivity index (χ1) is 10.9. The highest BCUT2D eigenvalue weighted by Crippen LogP contribution is 2.28. The van der Waals surface area contributed by atoms with Gasteiger partial charge in [-0.25, -0.2) is 0 Å². The van der Waals surface area contributed by atoms with Gasteiger partial charge in [-0.05, 0) is 54.5 Å². The topological polar surface area (TPSA) is 52.4 Å². The maximum Gasteiger partial charge on any atom is 0.310 e. The van der Waals surface area contributed by atoms with Gasteiger partial charge >= 0.3 is 5.69 Å². The van der Waals surface area contributed by atoms with Crippen LogP contribution in [0.3, 0.4) is 0 Å².